The molecular formula is C24H30N4O4. The van der Waals surface area contributed by atoms with Crippen LogP contribution in [0, 0.1) is 10.1 Å². The van der Waals surface area contributed by atoms with Gasteiger partial charge in [-0.05, 0) is 56.5 Å². The first-order valence-electron chi connectivity index (χ1n) is 11.4. The zero-order chi connectivity index (χ0) is 22.5. The molecule has 2 aromatic rings. The Morgan fingerprint density at radius 1 is 0.969 bits per heavy atom. The topological polar surface area (TPSA) is 79.2 Å². The first-order chi connectivity index (χ1) is 15.6. The summed E-state index contributed by atoms with van der Waals surface area (Å²) in [6.45, 7) is 6.78. The first kappa shape index (κ1) is 21.9. The van der Waals surface area contributed by atoms with Gasteiger partial charge in [0.05, 0.1) is 11.5 Å². The first-order valence-corrected chi connectivity index (χ1v) is 11.4. The van der Waals surface area contributed by atoms with Crippen molar-refractivity contribution in [2.24, 2.45) is 0 Å². The molecule has 0 N–H and O–H groups in total. The highest BCUT2D eigenvalue weighted by atomic mass is 16.6. The average molecular weight is 439 g/mol. The van der Waals surface area contributed by atoms with Crippen molar-refractivity contribution in [1.29, 1.82) is 0 Å². The Kier molecular flexibility index (Phi) is 6.78. The van der Waals surface area contributed by atoms with Gasteiger partial charge < -0.3 is 19.4 Å². The van der Waals surface area contributed by atoms with E-state index in [0.717, 1.165) is 31.6 Å². The number of amides is 1. The number of hydrogen-bond donors (Lipinski definition) is 0. The van der Waals surface area contributed by atoms with Crippen LogP contribution >= 0.6 is 0 Å². The number of carbonyl (C=O) groups excluding carboxylic acids is 1. The lowest BCUT2D eigenvalue weighted by atomic mass is 10.1. The molecule has 0 spiro atoms. The highest BCUT2D eigenvalue weighted by molar-refractivity contribution is 5.94. The standard InChI is InChI=1S/C24H30N4O4/c1-2-32-21-8-6-7-19(17-21)24(29)27-15-13-25(14-16-27)20-9-10-22(28(30)31)23(18-20)26-11-4-3-5-12-26/h6-10,17-18H,2-5,11-16H2,1H3. The van der Waals surface area contributed by atoms with E-state index >= 15 is 0 Å². The Labute approximate surface area is 188 Å². The van der Waals surface area contributed by atoms with Crippen LogP contribution in [-0.2, 0) is 0 Å². The summed E-state index contributed by atoms with van der Waals surface area (Å²) in [6, 6.07) is 12.7. The van der Waals surface area contributed by atoms with Crippen LogP contribution in [0.25, 0.3) is 0 Å². The maximum absolute atomic E-state index is 12.9. The highest BCUT2D eigenvalue weighted by Crippen LogP contribution is 2.34. The van der Waals surface area contributed by atoms with E-state index in [1.165, 1.54) is 6.42 Å². The normalized spacial score (nSPS) is 16.7. The van der Waals surface area contributed by atoms with Gasteiger partial charge in [-0.15, -0.1) is 0 Å². The van der Waals surface area contributed by atoms with Gasteiger partial charge in [0.25, 0.3) is 11.6 Å². The summed E-state index contributed by atoms with van der Waals surface area (Å²) >= 11 is 0. The number of rotatable bonds is 6. The molecule has 0 atom stereocenters. The van der Waals surface area contributed by atoms with Gasteiger partial charge in [0.1, 0.15) is 11.4 Å². The summed E-state index contributed by atoms with van der Waals surface area (Å²) < 4.78 is 5.52. The Morgan fingerprint density at radius 3 is 2.41 bits per heavy atom. The lowest BCUT2D eigenvalue weighted by Crippen LogP contribution is -2.48. The van der Waals surface area contributed by atoms with Crippen molar-refractivity contribution < 1.29 is 14.5 Å². The molecule has 8 heteroatoms. The predicted molar refractivity (Wildman–Crippen MR) is 125 cm³/mol. The number of nitrogens with zero attached hydrogens (tertiary/aromatic N) is 4. The number of anilines is 2. The largest absolute Gasteiger partial charge is 0.494 e. The van der Waals surface area contributed by atoms with Crippen LogP contribution < -0.4 is 14.5 Å². The molecule has 0 aliphatic carbocycles. The number of hydrogen-bond acceptors (Lipinski definition) is 6. The van der Waals surface area contributed by atoms with Gasteiger partial charge in [-0.25, -0.2) is 0 Å². The van der Waals surface area contributed by atoms with E-state index in [9.17, 15) is 14.9 Å². The number of carbonyl (C=O) groups is 1. The fraction of sp³-hybridized carbons (Fsp3) is 0.458. The molecule has 0 bridgehead atoms. The fourth-order valence-corrected chi connectivity index (χ4v) is 4.49. The number of piperazine rings is 1. The summed E-state index contributed by atoms with van der Waals surface area (Å²) in [5, 5.41) is 11.6. The van der Waals surface area contributed by atoms with E-state index in [0.29, 0.717) is 49.8 Å². The lowest BCUT2D eigenvalue weighted by Gasteiger charge is -2.37. The van der Waals surface area contributed by atoms with Crippen LogP contribution in [0.5, 0.6) is 5.75 Å². The second-order valence-corrected chi connectivity index (χ2v) is 8.22. The zero-order valence-electron chi connectivity index (χ0n) is 18.5. The van der Waals surface area contributed by atoms with Crippen molar-refractivity contribution in [3.63, 3.8) is 0 Å². The molecule has 8 nitrogen and oxygen atoms in total. The highest BCUT2D eigenvalue weighted by Gasteiger charge is 2.26. The number of nitro benzene ring substituents is 1. The Morgan fingerprint density at radius 2 is 1.72 bits per heavy atom. The Bertz CT molecular complexity index is 966. The third kappa shape index (κ3) is 4.79. The molecular weight excluding hydrogens is 408 g/mol. The minimum absolute atomic E-state index is 0.00362. The molecule has 4 rings (SSSR count). The molecule has 2 heterocycles. The quantitative estimate of drug-likeness (QED) is 0.502. The SMILES string of the molecule is CCOc1cccc(C(=O)N2CCN(c3ccc([N+](=O)[O-])c(N4CCCCC4)c3)CC2)c1. The van der Waals surface area contributed by atoms with Gasteiger partial charge in [-0.2, -0.15) is 0 Å². The molecule has 2 aromatic carbocycles. The van der Waals surface area contributed by atoms with E-state index in [4.69, 9.17) is 4.74 Å². The fourth-order valence-electron chi connectivity index (χ4n) is 4.49. The number of ether oxygens (including phenoxy) is 1. The summed E-state index contributed by atoms with van der Waals surface area (Å²) in [5.74, 6) is 0.706. The molecule has 2 saturated heterocycles. The van der Waals surface area contributed by atoms with E-state index < -0.39 is 0 Å². The van der Waals surface area contributed by atoms with E-state index in [-0.39, 0.29) is 16.5 Å². The number of piperidine rings is 1. The molecule has 2 aliphatic heterocycles. The third-order valence-electron chi connectivity index (χ3n) is 6.18. The maximum Gasteiger partial charge on any atom is 0.292 e. The van der Waals surface area contributed by atoms with Gasteiger partial charge in [0.2, 0.25) is 0 Å². The molecule has 170 valence electrons. The monoisotopic (exact) mass is 438 g/mol. The predicted octanol–water partition coefficient (Wildman–Crippen LogP) is 3.95. The molecule has 0 saturated carbocycles. The minimum atomic E-state index is -0.291. The van der Waals surface area contributed by atoms with Gasteiger partial charge in [-0.3, -0.25) is 14.9 Å². The van der Waals surface area contributed by atoms with Crippen LogP contribution in [0.4, 0.5) is 17.1 Å². The van der Waals surface area contributed by atoms with Gasteiger partial charge >= 0.3 is 0 Å². The second kappa shape index (κ2) is 9.89. The van der Waals surface area contributed by atoms with Gasteiger partial charge in [0, 0.05) is 56.6 Å². The average Bonchev–Trinajstić information content (AvgIpc) is 2.84. The number of nitro groups is 1. The molecule has 32 heavy (non-hydrogen) atoms. The summed E-state index contributed by atoms with van der Waals surface area (Å²) in [4.78, 5) is 30.4. The van der Waals surface area contributed by atoms with E-state index in [1.54, 1.807) is 12.1 Å². The molecule has 0 aromatic heterocycles. The summed E-state index contributed by atoms with van der Waals surface area (Å²) in [7, 11) is 0. The Hall–Kier alpha value is -3.29. The lowest BCUT2D eigenvalue weighted by molar-refractivity contribution is -0.384. The van der Waals surface area contributed by atoms with E-state index in [2.05, 4.69) is 9.80 Å². The van der Waals surface area contributed by atoms with Crippen molar-refractivity contribution in [1.82, 2.24) is 4.90 Å². The third-order valence-corrected chi connectivity index (χ3v) is 6.18. The van der Waals surface area contributed by atoms with Crippen LogP contribution in [0.15, 0.2) is 42.5 Å². The van der Waals surface area contributed by atoms with Crippen molar-refractivity contribution in [3.8, 4) is 5.75 Å². The number of benzene rings is 2. The summed E-state index contributed by atoms with van der Waals surface area (Å²) in [6.07, 6.45) is 3.30. The van der Waals surface area contributed by atoms with Gasteiger partial charge in [-0.1, -0.05) is 6.07 Å². The Balaban J connectivity index is 1.45. The van der Waals surface area contributed by atoms with Crippen molar-refractivity contribution in [2.75, 3.05) is 55.7 Å². The van der Waals surface area contributed by atoms with Crippen LogP contribution in [0.3, 0.4) is 0 Å². The smallest absolute Gasteiger partial charge is 0.292 e. The van der Waals surface area contributed by atoms with E-state index in [1.807, 2.05) is 42.2 Å². The van der Waals surface area contributed by atoms with Crippen LogP contribution in [0.2, 0.25) is 0 Å². The minimum Gasteiger partial charge on any atom is -0.494 e. The molecule has 2 aliphatic rings. The maximum atomic E-state index is 12.9. The molecule has 2 fully saturated rings. The molecule has 1 amide bonds. The van der Waals surface area contributed by atoms with Crippen LogP contribution in [0.1, 0.15) is 36.5 Å². The van der Waals surface area contributed by atoms with Crippen molar-refractivity contribution >= 4 is 23.0 Å². The van der Waals surface area contributed by atoms with Crippen LogP contribution in [-0.4, -0.2) is 61.6 Å². The molecule has 0 radical (unpaired) electrons. The second-order valence-electron chi connectivity index (χ2n) is 8.22. The van der Waals surface area contributed by atoms with Gasteiger partial charge in [0.15, 0.2) is 0 Å². The molecule has 0 unspecified atom stereocenters. The van der Waals surface area contributed by atoms with Crippen molar-refractivity contribution in [3.05, 3.63) is 58.1 Å². The zero-order valence-corrected chi connectivity index (χ0v) is 18.5. The van der Waals surface area contributed by atoms with Crippen molar-refractivity contribution in [2.45, 2.75) is 26.2 Å². The summed E-state index contributed by atoms with van der Waals surface area (Å²) in [5.41, 5.74) is 2.48.